The number of aromatic nitrogens is 1. The van der Waals surface area contributed by atoms with Gasteiger partial charge in [0.1, 0.15) is 5.75 Å². The van der Waals surface area contributed by atoms with Gasteiger partial charge in [-0.1, -0.05) is 60.1 Å². The molecule has 0 amide bonds. The minimum atomic E-state index is -0.162. The van der Waals surface area contributed by atoms with Crippen molar-refractivity contribution in [3.05, 3.63) is 111 Å². The minimum absolute atomic E-state index is 0.131. The van der Waals surface area contributed by atoms with Gasteiger partial charge in [0.05, 0.1) is 5.25 Å². The monoisotopic (exact) mass is 407 g/mol. The number of aromatic amines is 1. The zero-order valence-electron chi connectivity index (χ0n) is 14.9. The summed E-state index contributed by atoms with van der Waals surface area (Å²) in [5, 5.41) is 11.0. The van der Waals surface area contributed by atoms with Gasteiger partial charge in [0.25, 0.3) is 5.56 Å². The van der Waals surface area contributed by atoms with Crippen LogP contribution in [0.4, 0.5) is 0 Å². The van der Waals surface area contributed by atoms with E-state index in [0.717, 1.165) is 22.2 Å². The van der Waals surface area contributed by atoms with Crippen LogP contribution in [0.1, 0.15) is 21.9 Å². The van der Waals surface area contributed by atoms with E-state index < -0.39 is 0 Å². The summed E-state index contributed by atoms with van der Waals surface area (Å²) in [6, 6.07) is 24.6. The lowest BCUT2D eigenvalue weighted by Gasteiger charge is -2.18. The summed E-state index contributed by atoms with van der Waals surface area (Å²) in [5.74, 6) is 0.974. The molecule has 3 nitrogen and oxygen atoms in total. The van der Waals surface area contributed by atoms with Crippen LogP contribution in [-0.4, -0.2) is 10.1 Å². The number of hydrogen-bond donors (Lipinski definition) is 2. The first-order chi connectivity index (χ1) is 13.6. The molecule has 0 radical (unpaired) electrons. The highest BCUT2D eigenvalue weighted by Gasteiger charge is 2.19. The number of hydrogen-bond acceptors (Lipinski definition) is 3. The summed E-state index contributed by atoms with van der Waals surface area (Å²) in [4.78, 5) is 15.8. The Morgan fingerprint density at radius 1 is 0.964 bits per heavy atom. The largest absolute Gasteiger partial charge is 0.508 e. The normalized spacial score (nSPS) is 12.2. The molecule has 0 bridgehead atoms. The molecule has 0 aliphatic heterocycles. The van der Waals surface area contributed by atoms with Crippen molar-refractivity contribution in [3.63, 3.8) is 0 Å². The molecule has 1 aromatic heterocycles. The number of benzene rings is 3. The maximum Gasteiger partial charge on any atom is 0.253 e. The molecule has 0 aliphatic carbocycles. The number of fused-ring (bicyclic) bond motifs is 1. The Morgan fingerprint density at radius 3 is 2.46 bits per heavy atom. The number of pyridine rings is 1. The van der Waals surface area contributed by atoms with Crippen molar-refractivity contribution in [2.24, 2.45) is 0 Å². The van der Waals surface area contributed by atoms with E-state index in [1.807, 2.05) is 48.5 Å². The van der Waals surface area contributed by atoms with Gasteiger partial charge in [0.2, 0.25) is 0 Å². The summed E-state index contributed by atoms with van der Waals surface area (Å²) in [6.45, 7) is 0. The van der Waals surface area contributed by atoms with E-state index in [1.165, 1.54) is 5.56 Å². The molecule has 0 saturated carbocycles. The fourth-order valence-corrected chi connectivity index (χ4v) is 4.58. The van der Waals surface area contributed by atoms with Crippen LogP contribution in [-0.2, 0) is 5.75 Å². The first-order valence-corrected chi connectivity index (χ1v) is 10.3. The van der Waals surface area contributed by atoms with E-state index in [0.29, 0.717) is 10.6 Å². The molecule has 4 rings (SSSR count). The van der Waals surface area contributed by atoms with Gasteiger partial charge in [-0.05, 0) is 46.8 Å². The first kappa shape index (κ1) is 18.7. The van der Waals surface area contributed by atoms with Crippen LogP contribution >= 0.6 is 23.4 Å². The van der Waals surface area contributed by atoms with Crippen molar-refractivity contribution >= 4 is 34.3 Å². The SMILES string of the molecule is O=c1[nH]c2cc(Cl)ccc2cc1C(SCc1ccccc1)c1ccc(O)cc1. The van der Waals surface area contributed by atoms with Crippen LogP contribution in [0.2, 0.25) is 5.02 Å². The molecule has 4 aromatic rings. The fraction of sp³-hybridized carbons (Fsp3) is 0.0870. The van der Waals surface area contributed by atoms with Crippen molar-refractivity contribution in [2.45, 2.75) is 11.0 Å². The fourth-order valence-electron chi connectivity index (χ4n) is 3.15. The Morgan fingerprint density at radius 2 is 1.71 bits per heavy atom. The van der Waals surface area contributed by atoms with E-state index >= 15 is 0 Å². The molecule has 5 heteroatoms. The molecule has 140 valence electrons. The van der Waals surface area contributed by atoms with Gasteiger partial charge in [-0.15, -0.1) is 11.8 Å². The highest BCUT2D eigenvalue weighted by molar-refractivity contribution is 7.98. The van der Waals surface area contributed by atoms with E-state index in [4.69, 9.17) is 11.6 Å². The molecule has 3 aromatic carbocycles. The van der Waals surface area contributed by atoms with Gasteiger partial charge in [-0.3, -0.25) is 4.79 Å². The molecule has 0 saturated heterocycles. The number of halogens is 1. The molecule has 2 N–H and O–H groups in total. The Kier molecular flexibility index (Phi) is 5.42. The summed E-state index contributed by atoms with van der Waals surface area (Å²) in [7, 11) is 0. The molecule has 0 spiro atoms. The van der Waals surface area contributed by atoms with Gasteiger partial charge >= 0.3 is 0 Å². The number of phenolic OH excluding ortho intramolecular Hbond substituents is 1. The molecular weight excluding hydrogens is 390 g/mol. The predicted octanol–water partition coefficient (Wildman–Crippen LogP) is 5.91. The standard InChI is InChI=1S/C23H18ClNO2S/c24-18-9-6-17-12-20(23(27)25-21(17)13-18)22(16-7-10-19(26)11-8-16)28-14-15-4-2-1-3-5-15/h1-13,22,26H,14H2,(H,25,27). The number of H-pyrrole nitrogens is 1. The zero-order valence-corrected chi connectivity index (χ0v) is 16.5. The lowest BCUT2D eigenvalue weighted by Crippen LogP contribution is -2.15. The van der Waals surface area contributed by atoms with Crippen LogP contribution in [0.3, 0.4) is 0 Å². The molecule has 0 fully saturated rings. The smallest absolute Gasteiger partial charge is 0.253 e. The highest BCUT2D eigenvalue weighted by atomic mass is 35.5. The van der Waals surface area contributed by atoms with Crippen molar-refractivity contribution in [2.75, 3.05) is 0 Å². The van der Waals surface area contributed by atoms with E-state index in [9.17, 15) is 9.90 Å². The third-order valence-electron chi connectivity index (χ3n) is 4.57. The quantitative estimate of drug-likeness (QED) is 0.432. The average Bonchev–Trinajstić information content (AvgIpc) is 2.70. The second-order valence-corrected chi connectivity index (χ2v) is 8.08. The van der Waals surface area contributed by atoms with E-state index in [2.05, 4.69) is 17.1 Å². The second-order valence-electron chi connectivity index (χ2n) is 6.55. The summed E-state index contributed by atoms with van der Waals surface area (Å²) >= 11 is 7.74. The Hall–Kier alpha value is -2.69. The van der Waals surface area contributed by atoms with Gasteiger partial charge in [0.15, 0.2) is 0 Å². The average molecular weight is 408 g/mol. The van der Waals surface area contributed by atoms with Crippen LogP contribution in [0.15, 0.2) is 83.7 Å². The van der Waals surface area contributed by atoms with Crippen molar-refractivity contribution < 1.29 is 5.11 Å². The number of phenols is 1. The second kappa shape index (κ2) is 8.13. The highest BCUT2D eigenvalue weighted by Crippen LogP contribution is 2.37. The topological polar surface area (TPSA) is 53.1 Å². The first-order valence-electron chi connectivity index (χ1n) is 8.87. The Labute approximate surface area is 172 Å². The third-order valence-corrected chi connectivity index (χ3v) is 6.17. The van der Waals surface area contributed by atoms with Gasteiger partial charge < -0.3 is 10.1 Å². The summed E-state index contributed by atoms with van der Waals surface area (Å²) in [6.07, 6.45) is 0. The third kappa shape index (κ3) is 4.08. The van der Waals surface area contributed by atoms with Crippen LogP contribution < -0.4 is 5.56 Å². The summed E-state index contributed by atoms with van der Waals surface area (Å²) in [5.41, 5.74) is 3.44. The number of thioether (sulfide) groups is 1. The predicted molar refractivity (Wildman–Crippen MR) is 117 cm³/mol. The molecule has 1 heterocycles. The van der Waals surface area contributed by atoms with Crippen molar-refractivity contribution in [1.82, 2.24) is 4.98 Å². The Balaban J connectivity index is 1.77. The summed E-state index contributed by atoms with van der Waals surface area (Å²) < 4.78 is 0. The van der Waals surface area contributed by atoms with Crippen LogP contribution in [0, 0.1) is 0 Å². The minimum Gasteiger partial charge on any atom is -0.508 e. The maximum absolute atomic E-state index is 12.9. The van der Waals surface area contributed by atoms with Gasteiger partial charge in [0, 0.05) is 21.9 Å². The van der Waals surface area contributed by atoms with Crippen molar-refractivity contribution in [3.8, 4) is 5.75 Å². The van der Waals surface area contributed by atoms with Gasteiger partial charge in [-0.25, -0.2) is 0 Å². The van der Waals surface area contributed by atoms with E-state index in [1.54, 1.807) is 30.0 Å². The lowest BCUT2D eigenvalue weighted by molar-refractivity contribution is 0.475. The van der Waals surface area contributed by atoms with Gasteiger partial charge in [-0.2, -0.15) is 0 Å². The number of nitrogens with one attached hydrogen (secondary N) is 1. The molecule has 1 atom stereocenters. The van der Waals surface area contributed by atoms with E-state index in [-0.39, 0.29) is 16.6 Å². The molecule has 0 aliphatic rings. The lowest BCUT2D eigenvalue weighted by atomic mass is 10.0. The van der Waals surface area contributed by atoms with Crippen LogP contribution in [0.25, 0.3) is 10.9 Å². The molecule has 1 unspecified atom stereocenters. The van der Waals surface area contributed by atoms with Crippen molar-refractivity contribution in [1.29, 1.82) is 0 Å². The number of rotatable bonds is 5. The molecule has 28 heavy (non-hydrogen) atoms. The maximum atomic E-state index is 12.9. The molecular formula is C23H18ClNO2S. The van der Waals surface area contributed by atoms with Crippen LogP contribution in [0.5, 0.6) is 5.75 Å². The zero-order chi connectivity index (χ0) is 19.5. The Bertz CT molecular complexity index is 1160. The number of aromatic hydroxyl groups is 1.